The predicted octanol–water partition coefficient (Wildman–Crippen LogP) is 1.74. The van der Waals surface area contributed by atoms with Crippen LogP contribution in [0.2, 0.25) is 0 Å². The number of hydrogen-bond donors (Lipinski definition) is 1. The van der Waals surface area contributed by atoms with E-state index in [1.807, 2.05) is 0 Å². The molecule has 2 heteroatoms. The molecule has 0 aromatic carbocycles. The van der Waals surface area contributed by atoms with Crippen LogP contribution in [-0.4, -0.2) is 24.9 Å². The summed E-state index contributed by atoms with van der Waals surface area (Å²) < 4.78 is 5.28. The average Bonchev–Trinajstić information content (AvgIpc) is 2.16. The summed E-state index contributed by atoms with van der Waals surface area (Å²) in [6.45, 7) is 6.03. The number of ether oxygens (including phenoxy) is 1. The van der Waals surface area contributed by atoms with Gasteiger partial charge < -0.3 is 9.84 Å². The Bertz CT molecular complexity index is 173. The maximum absolute atomic E-state index is 9.07. The molecule has 70 valence electrons. The summed E-state index contributed by atoms with van der Waals surface area (Å²) in [5.74, 6) is 0.607. The first-order valence-electron chi connectivity index (χ1n) is 4.69. The Morgan fingerprint density at radius 2 is 2.33 bits per heavy atom. The third-order valence-electron chi connectivity index (χ3n) is 2.64. The second kappa shape index (κ2) is 4.63. The van der Waals surface area contributed by atoms with Crippen molar-refractivity contribution in [2.75, 3.05) is 19.8 Å². The van der Waals surface area contributed by atoms with Crippen LogP contribution in [0.15, 0.2) is 11.1 Å². The van der Waals surface area contributed by atoms with Crippen molar-refractivity contribution in [1.29, 1.82) is 0 Å². The zero-order valence-corrected chi connectivity index (χ0v) is 7.97. The van der Waals surface area contributed by atoms with Crippen LogP contribution in [0, 0.1) is 5.92 Å². The van der Waals surface area contributed by atoms with E-state index in [9.17, 15) is 0 Å². The molecule has 1 aliphatic heterocycles. The van der Waals surface area contributed by atoms with Gasteiger partial charge in [-0.25, -0.2) is 0 Å². The van der Waals surface area contributed by atoms with E-state index in [0.29, 0.717) is 12.5 Å². The van der Waals surface area contributed by atoms with Crippen molar-refractivity contribution >= 4 is 0 Å². The Hall–Kier alpha value is -0.340. The molecule has 0 spiro atoms. The molecule has 12 heavy (non-hydrogen) atoms. The monoisotopic (exact) mass is 170 g/mol. The van der Waals surface area contributed by atoms with E-state index >= 15 is 0 Å². The van der Waals surface area contributed by atoms with Gasteiger partial charge in [0.2, 0.25) is 0 Å². The van der Waals surface area contributed by atoms with E-state index in [0.717, 1.165) is 25.0 Å². The fourth-order valence-electron chi connectivity index (χ4n) is 1.64. The second-order valence-corrected chi connectivity index (χ2v) is 3.40. The van der Waals surface area contributed by atoms with E-state index < -0.39 is 0 Å². The van der Waals surface area contributed by atoms with Gasteiger partial charge in [0, 0.05) is 0 Å². The molecule has 2 nitrogen and oxygen atoms in total. The van der Waals surface area contributed by atoms with Crippen LogP contribution < -0.4 is 0 Å². The van der Waals surface area contributed by atoms with Gasteiger partial charge in [-0.05, 0) is 24.3 Å². The second-order valence-electron chi connectivity index (χ2n) is 3.40. The van der Waals surface area contributed by atoms with Gasteiger partial charge in [0.1, 0.15) is 0 Å². The van der Waals surface area contributed by atoms with Crippen LogP contribution in [-0.2, 0) is 4.74 Å². The molecule has 0 saturated carbocycles. The molecule has 1 heterocycles. The van der Waals surface area contributed by atoms with Gasteiger partial charge in [0.25, 0.3) is 0 Å². The lowest BCUT2D eigenvalue weighted by molar-refractivity contribution is 0.131. The van der Waals surface area contributed by atoms with Crippen molar-refractivity contribution in [3.8, 4) is 0 Å². The average molecular weight is 170 g/mol. The first-order valence-corrected chi connectivity index (χ1v) is 4.69. The van der Waals surface area contributed by atoms with Crippen molar-refractivity contribution in [2.24, 2.45) is 5.92 Å². The third kappa shape index (κ3) is 2.08. The molecule has 0 amide bonds. The fraction of sp³-hybridized carbons (Fsp3) is 0.800. The molecule has 1 atom stereocenters. The van der Waals surface area contributed by atoms with E-state index in [1.54, 1.807) is 0 Å². The Morgan fingerprint density at radius 3 is 2.92 bits per heavy atom. The minimum absolute atomic E-state index is 0.166. The van der Waals surface area contributed by atoms with Crippen LogP contribution in [0.1, 0.15) is 26.7 Å². The largest absolute Gasteiger partial charge is 0.392 e. The van der Waals surface area contributed by atoms with Gasteiger partial charge in [-0.3, -0.25) is 0 Å². The molecule has 0 bridgehead atoms. The zero-order chi connectivity index (χ0) is 8.97. The first-order chi connectivity index (χ1) is 5.79. The standard InChI is InChI=1S/C10H18O2/c1-3-8(2)10-4-5-12-7-9(10)6-11/h8,11H,3-7H2,1-2H3. The van der Waals surface area contributed by atoms with Gasteiger partial charge in [-0.1, -0.05) is 19.4 Å². The number of aliphatic hydroxyl groups excluding tert-OH is 1. The molecular weight excluding hydrogens is 152 g/mol. The highest BCUT2D eigenvalue weighted by molar-refractivity contribution is 5.19. The summed E-state index contributed by atoms with van der Waals surface area (Å²) in [6, 6.07) is 0. The molecule has 0 saturated heterocycles. The van der Waals surface area contributed by atoms with E-state index in [4.69, 9.17) is 9.84 Å². The smallest absolute Gasteiger partial charge is 0.0701 e. The van der Waals surface area contributed by atoms with Crippen LogP contribution in [0.5, 0.6) is 0 Å². The molecule has 1 N–H and O–H groups in total. The Balaban J connectivity index is 2.72. The topological polar surface area (TPSA) is 29.5 Å². The molecule has 1 aliphatic rings. The highest BCUT2D eigenvalue weighted by Gasteiger charge is 2.16. The van der Waals surface area contributed by atoms with E-state index in [-0.39, 0.29) is 6.61 Å². The van der Waals surface area contributed by atoms with Crippen LogP contribution in [0.4, 0.5) is 0 Å². The van der Waals surface area contributed by atoms with Crippen molar-refractivity contribution in [3.05, 3.63) is 11.1 Å². The van der Waals surface area contributed by atoms with Crippen LogP contribution in [0.3, 0.4) is 0 Å². The van der Waals surface area contributed by atoms with Gasteiger partial charge in [-0.15, -0.1) is 0 Å². The highest BCUT2D eigenvalue weighted by atomic mass is 16.5. The molecular formula is C10H18O2. The molecule has 1 unspecified atom stereocenters. The minimum atomic E-state index is 0.166. The third-order valence-corrected chi connectivity index (χ3v) is 2.64. The van der Waals surface area contributed by atoms with Crippen molar-refractivity contribution < 1.29 is 9.84 Å². The van der Waals surface area contributed by atoms with Crippen LogP contribution >= 0.6 is 0 Å². The number of rotatable bonds is 3. The summed E-state index contributed by atoms with van der Waals surface area (Å²) in [4.78, 5) is 0. The normalized spacial score (nSPS) is 21.2. The maximum atomic E-state index is 9.07. The zero-order valence-electron chi connectivity index (χ0n) is 7.97. The fourth-order valence-corrected chi connectivity index (χ4v) is 1.64. The quantitative estimate of drug-likeness (QED) is 0.654. The number of hydrogen-bond acceptors (Lipinski definition) is 2. The number of aliphatic hydroxyl groups is 1. The molecule has 0 aliphatic carbocycles. The molecule has 0 aromatic heterocycles. The SMILES string of the molecule is CCC(C)C1=C(CO)COCC1. The van der Waals surface area contributed by atoms with Crippen molar-refractivity contribution in [2.45, 2.75) is 26.7 Å². The lowest BCUT2D eigenvalue weighted by Crippen LogP contribution is -2.17. The minimum Gasteiger partial charge on any atom is -0.392 e. The summed E-state index contributed by atoms with van der Waals surface area (Å²) in [5, 5.41) is 9.07. The Kier molecular flexibility index (Phi) is 3.76. The Labute approximate surface area is 74.2 Å². The molecule has 0 radical (unpaired) electrons. The highest BCUT2D eigenvalue weighted by Crippen LogP contribution is 2.24. The lowest BCUT2D eigenvalue weighted by atomic mass is 9.90. The summed E-state index contributed by atoms with van der Waals surface area (Å²) in [5.41, 5.74) is 2.53. The van der Waals surface area contributed by atoms with Crippen LogP contribution in [0.25, 0.3) is 0 Å². The summed E-state index contributed by atoms with van der Waals surface area (Å²) >= 11 is 0. The summed E-state index contributed by atoms with van der Waals surface area (Å²) in [7, 11) is 0. The van der Waals surface area contributed by atoms with Gasteiger partial charge in [-0.2, -0.15) is 0 Å². The van der Waals surface area contributed by atoms with Gasteiger partial charge >= 0.3 is 0 Å². The molecule has 0 fully saturated rings. The predicted molar refractivity (Wildman–Crippen MR) is 49.0 cm³/mol. The maximum Gasteiger partial charge on any atom is 0.0701 e. The Morgan fingerprint density at radius 1 is 1.58 bits per heavy atom. The van der Waals surface area contributed by atoms with Gasteiger partial charge in [0.05, 0.1) is 19.8 Å². The molecule has 0 aromatic rings. The molecule has 1 rings (SSSR count). The summed E-state index contributed by atoms with van der Waals surface area (Å²) in [6.07, 6.45) is 2.16. The lowest BCUT2D eigenvalue weighted by Gasteiger charge is -2.23. The van der Waals surface area contributed by atoms with E-state index in [2.05, 4.69) is 13.8 Å². The van der Waals surface area contributed by atoms with E-state index in [1.165, 1.54) is 5.57 Å². The van der Waals surface area contributed by atoms with Crippen molar-refractivity contribution in [3.63, 3.8) is 0 Å². The first kappa shape index (κ1) is 9.75. The van der Waals surface area contributed by atoms with Crippen molar-refractivity contribution in [1.82, 2.24) is 0 Å². The van der Waals surface area contributed by atoms with Gasteiger partial charge in [0.15, 0.2) is 0 Å².